The summed E-state index contributed by atoms with van der Waals surface area (Å²) in [5.74, 6) is -3.16. The van der Waals surface area contributed by atoms with Gasteiger partial charge in [-0.3, -0.25) is 4.79 Å². The second-order valence-electron chi connectivity index (χ2n) is 2.86. The first kappa shape index (κ1) is 14.6. The van der Waals surface area contributed by atoms with Crippen molar-refractivity contribution < 1.29 is 32.6 Å². The van der Waals surface area contributed by atoms with Gasteiger partial charge in [0, 0.05) is 13.1 Å². The van der Waals surface area contributed by atoms with Gasteiger partial charge in [0.15, 0.2) is 0 Å². The van der Waals surface area contributed by atoms with Gasteiger partial charge in [0.25, 0.3) is 0 Å². The molecular weight excluding hydrogens is 233 g/mol. The maximum atomic E-state index is 10.6. The molecule has 1 aliphatic heterocycles. The van der Waals surface area contributed by atoms with Gasteiger partial charge in [-0.1, -0.05) is 0 Å². The fraction of sp³-hybridized carbons (Fsp3) is 0.714. The molecule has 1 rings (SSSR count). The standard InChI is InChI=1S/C5H10N2O2.C2HF3O2/c6-5(8)3-9-4-1-7-2-4;3-2(4,5)1(6)7/h4,7H,1-3H2,(H2,6,8);(H,6,7). The van der Waals surface area contributed by atoms with E-state index in [1.54, 1.807) is 0 Å². The Labute approximate surface area is 88.5 Å². The number of amides is 1. The minimum atomic E-state index is -5.08. The monoisotopic (exact) mass is 244 g/mol. The summed E-state index contributed by atoms with van der Waals surface area (Å²) in [6.45, 7) is 1.73. The largest absolute Gasteiger partial charge is 0.490 e. The predicted octanol–water partition coefficient (Wildman–Crippen LogP) is -0.907. The number of nitrogens with one attached hydrogen (secondary N) is 1. The van der Waals surface area contributed by atoms with Crippen molar-refractivity contribution >= 4 is 11.9 Å². The Morgan fingerprint density at radius 2 is 1.88 bits per heavy atom. The lowest BCUT2D eigenvalue weighted by Crippen LogP contribution is -2.49. The quantitative estimate of drug-likeness (QED) is 0.596. The number of carboxylic acids is 1. The van der Waals surface area contributed by atoms with E-state index >= 15 is 0 Å². The summed E-state index contributed by atoms with van der Waals surface area (Å²) in [7, 11) is 0. The molecule has 4 N–H and O–H groups in total. The molecule has 0 radical (unpaired) electrons. The van der Waals surface area contributed by atoms with E-state index in [1.165, 1.54) is 0 Å². The van der Waals surface area contributed by atoms with Crippen molar-refractivity contribution in [1.29, 1.82) is 0 Å². The number of ether oxygens (including phenoxy) is 1. The molecule has 0 aliphatic carbocycles. The second-order valence-corrected chi connectivity index (χ2v) is 2.86. The number of rotatable bonds is 3. The Morgan fingerprint density at radius 1 is 1.44 bits per heavy atom. The van der Waals surface area contributed by atoms with Crippen LogP contribution in [0, 0.1) is 0 Å². The molecule has 0 unspecified atom stereocenters. The molecule has 0 spiro atoms. The van der Waals surface area contributed by atoms with E-state index in [0.29, 0.717) is 0 Å². The topological polar surface area (TPSA) is 102 Å². The van der Waals surface area contributed by atoms with E-state index in [2.05, 4.69) is 5.32 Å². The van der Waals surface area contributed by atoms with E-state index in [-0.39, 0.29) is 12.7 Å². The Morgan fingerprint density at radius 3 is 2.06 bits per heavy atom. The molecule has 1 fully saturated rings. The van der Waals surface area contributed by atoms with E-state index in [1.807, 2.05) is 0 Å². The number of carboxylic acid groups (broad SMARTS) is 1. The van der Waals surface area contributed by atoms with Crippen molar-refractivity contribution in [3.05, 3.63) is 0 Å². The van der Waals surface area contributed by atoms with Crippen LogP contribution in [0.15, 0.2) is 0 Å². The molecule has 1 aliphatic rings. The first-order chi connectivity index (χ1) is 7.23. The number of primary amides is 1. The van der Waals surface area contributed by atoms with Crippen LogP contribution in [0.2, 0.25) is 0 Å². The van der Waals surface area contributed by atoms with E-state index in [9.17, 15) is 18.0 Å². The van der Waals surface area contributed by atoms with Crippen LogP contribution < -0.4 is 11.1 Å². The van der Waals surface area contributed by atoms with Crippen LogP contribution in [-0.2, 0) is 14.3 Å². The molecule has 0 aromatic rings. The first-order valence-corrected chi connectivity index (χ1v) is 4.14. The van der Waals surface area contributed by atoms with Gasteiger partial charge in [-0.05, 0) is 0 Å². The summed E-state index contributed by atoms with van der Waals surface area (Å²) in [4.78, 5) is 19.0. The van der Waals surface area contributed by atoms with Crippen LogP contribution in [0.25, 0.3) is 0 Å². The average Bonchev–Trinajstić information content (AvgIpc) is 1.99. The number of carbonyl (C=O) groups is 2. The molecule has 16 heavy (non-hydrogen) atoms. The third-order valence-corrected chi connectivity index (χ3v) is 1.45. The van der Waals surface area contributed by atoms with Crippen molar-refractivity contribution in [1.82, 2.24) is 5.32 Å². The van der Waals surface area contributed by atoms with Gasteiger partial charge in [-0.15, -0.1) is 0 Å². The molecule has 0 atom stereocenters. The van der Waals surface area contributed by atoms with Gasteiger partial charge in [-0.25, -0.2) is 4.79 Å². The molecule has 1 saturated heterocycles. The van der Waals surface area contributed by atoms with Crippen molar-refractivity contribution in [2.75, 3.05) is 19.7 Å². The highest BCUT2D eigenvalue weighted by atomic mass is 19.4. The molecule has 0 saturated carbocycles. The summed E-state index contributed by atoms with van der Waals surface area (Å²) in [6.07, 6.45) is -4.88. The Kier molecular flexibility index (Phi) is 5.75. The Bertz CT molecular complexity index is 253. The highest BCUT2D eigenvalue weighted by molar-refractivity contribution is 5.75. The molecule has 0 aromatic heterocycles. The number of halogens is 3. The van der Waals surface area contributed by atoms with Crippen LogP contribution >= 0.6 is 0 Å². The maximum absolute atomic E-state index is 10.6. The molecule has 0 bridgehead atoms. The summed E-state index contributed by atoms with van der Waals surface area (Å²) in [5, 5.41) is 10.1. The minimum absolute atomic E-state index is 0.0480. The van der Waals surface area contributed by atoms with E-state index < -0.39 is 18.1 Å². The Hall–Kier alpha value is -1.35. The smallest absolute Gasteiger partial charge is 0.475 e. The fourth-order valence-corrected chi connectivity index (χ4v) is 0.580. The lowest BCUT2D eigenvalue weighted by Gasteiger charge is -2.26. The number of hydrogen-bond donors (Lipinski definition) is 3. The Balaban J connectivity index is 0.000000293. The molecule has 0 aromatic carbocycles. The molecule has 1 heterocycles. The predicted molar refractivity (Wildman–Crippen MR) is 45.5 cm³/mol. The lowest BCUT2D eigenvalue weighted by atomic mass is 10.2. The van der Waals surface area contributed by atoms with Gasteiger partial charge >= 0.3 is 12.1 Å². The van der Waals surface area contributed by atoms with Crippen LogP contribution in [0.4, 0.5) is 13.2 Å². The minimum Gasteiger partial charge on any atom is -0.475 e. The molecular formula is C7H11F3N2O4. The lowest BCUT2D eigenvalue weighted by molar-refractivity contribution is -0.192. The molecule has 94 valence electrons. The third kappa shape index (κ3) is 7.01. The van der Waals surface area contributed by atoms with Gasteiger partial charge in [0.1, 0.15) is 6.61 Å². The summed E-state index contributed by atoms with van der Waals surface area (Å²) in [5.41, 5.74) is 4.84. The highest BCUT2D eigenvalue weighted by Crippen LogP contribution is 2.13. The van der Waals surface area contributed by atoms with E-state index in [4.69, 9.17) is 20.4 Å². The van der Waals surface area contributed by atoms with Crippen molar-refractivity contribution in [3.8, 4) is 0 Å². The maximum Gasteiger partial charge on any atom is 0.490 e. The number of alkyl halides is 3. The van der Waals surface area contributed by atoms with Crippen molar-refractivity contribution in [3.63, 3.8) is 0 Å². The average molecular weight is 244 g/mol. The van der Waals surface area contributed by atoms with E-state index in [0.717, 1.165) is 13.1 Å². The zero-order valence-electron chi connectivity index (χ0n) is 8.08. The number of nitrogens with two attached hydrogens (primary N) is 1. The van der Waals surface area contributed by atoms with Gasteiger partial charge in [-0.2, -0.15) is 13.2 Å². The van der Waals surface area contributed by atoms with Crippen LogP contribution in [0.3, 0.4) is 0 Å². The number of aliphatic carboxylic acids is 1. The van der Waals surface area contributed by atoms with Crippen LogP contribution in [-0.4, -0.2) is 49.0 Å². The number of carbonyl (C=O) groups excluding carboxylic acids is 1. The summed E-state index contributed by atoms with van der Waals surface area (Å²) < 4.78 is 36.7. The molecule has 1 amide bonds. The van der Waals surface area contributed by atoms with Crippen molar-refractivity contribution in [2.45, 2.75) is 12.3 Å². The first-order valence-electron chi connectivity index (χ1n) is 4.14. The SMILES string of the molecule is NC(=O)COC1CNC1.O=C(O)C(F)(F)F. The summed E-state index contributed by atoms with van der Waals surface area (Å²) in [6, 6.07) is 0. The highest BCUT2D eigenvalue weighted by Gasteiger charge is 2.38. The normalized spacial score (nSPS) is 15.7. The van der Waals surface area contributed by atoms with Crippen molar-refractivity contribution in [2.24, 2.45) is 5.73 Å². The van der Waals surface area contributed by atoms with Gasteiger partial charge in [0.2, 0.25) is 5.91 Å². The second kappa shape index (κ2) is 6.28. The summed E-state index contributed by atoms with van der Waals surface area (Å²) >= 11 is 0. The molecule has 6 nitrogen and oxygen atoms in total. The zero-order chi connectivity index (χ0) is 12.8. The fourth-order valence-electron chi connectivity index (χ4n) is 0.580. The number of hydrogen-bond acceptors (Lipinski definition) is 4. The molecule has 9 heteroatoms. The third-order valence-electron chi connectivity index (χ3n) is 1.45. The zero-order valence-corrected chi connectivity index (χ0v) is 8.08. The van der Waals surface area contributed by atoms with Gasteiger partial charge in [0.05, 0.1) is 6.10 Å². The van der Waals surface area contributed by atoms with Gasteiger partial charge < -0.3 is 20.9 Å². The van der Waals surface area contributed by atoms with Crippen LogP contribution in [0.5, 0.6) is 0 Å². The van der Waals surface area contributed by atoms with Crippen LogP contribution in [0.1, 0.15) is 0 Å².